The summed E-state index contributed by atoms with van der Waals surface area (Å²) >= 11 is 5.77. The topological polar surface area (TPSA) is 196 Å². The maximum Gasteiger partial charge on any atom is 0.323 e. The van der Waals surface area contributed by atoms with E-state index >= 15 is 0 Å². The number of terminal acetylenes is 1. The van der Waals surface area contributed by atoms with Gasteiger partial charge in [-0.05, 0) is 56.5 Å². The first-order chi connectivity index (χ1) is 20.6. The number of carbonyl (C=O) groups is 1. The van der Waals surface area contributed by atoms with Gasteiger partial charge in [0.25, 0.3) is 5.56 Å². The van der Waals surface area contributed by atoms with Crippen LogP contribution in [0.2, 0.25) is 0 Å². The van der Waals surface area contributed by atoms with Crippen LogP contribution in [0.15, 0.2) is 41.5 Å². The van der Waals surface area contributed by atoms with E-state index in [1.54, 1.807) is 37.3 Å². The normalized spacial score (nSPS) is 25.2. The fraction of sp³-hybridized carbons (Fsp3) is 0.481. The molecule has 6 N–H and O–H groups in total. The number of fused-ring (bicyclic) bond motifs is 1. The number of aliphatic hydroxyl groups is 2. The number of nitrogens with two attached hydrogens (primary N) is 1. The zero-order valence-electron chi connectivity index (χ0n) is 23.3. The zero-order valence-corrected chi connectivity index (χ0v) is 25.0. The number of hydrogen-bond acceptors (Lipinski definition) is 12. The van der Waals surface area contributed by atoms with Gasteiger partial charge in [-0.15, -0.1) is 6.42 Å². The highest BCUT2D eigenvalue weighted by atomic mass is 32.5. The number of nitrogens with one attached hydrogen (secondary N) is 2. The molecule has 1 aliphatic heterocycles. The molecule has 2 fully saturated rings. The minimum atomic E-state index is -3.45. The minimum Gasteiger partial charge on any atom is -0.461 e. The number of ether oxygens (including phenoxy) is 2. The van der Waals surface area contributed by atoms with Crippen LogP contribution < -0.4 is 20.9 Å². The number of H-pyrrole nitrogens is 1. The summed E-state index contributed by atoms with van der Waals surface area (Å²) in [7, 11) is 0. The number of carbonyl (C=O) groups excluding carboxylic acids is 1. The molecule has 5 rings (SSSR count). The summed E-state index contributed by atoms with van der Waals surface area (Å²) in [4.78, 5) is 35.6. The average Bonchev–Trinajstić information content (AvgIpc) is 3.41. The van der Waals surface area contributed by atoms with Crippen LogP contribution in [0.1, 0.15) is 39.0 Å². The first kappa shape index (κ1) is 31.1. The summed E-state index contributed by atoms with van der Waals surface area (Å²) in [6.45, 7) is -2.16. The molecule has 3 heterocycles. The summed E-state index contributed by atoms with van der Waals surface area (Å²) in [5.74, 6) is 1.86. The van der Waals surface area contributed by atoms with E-state index in [0.29, 0.717) is 5.75 Å². The number of nitrogen functional groups attached to an aromatic ring is 1. The molecule has 43 heavy (non-hydrogen) atoms. The first-order valence-corrected chi connectivity index (χ1v) is 16.4. The third kappa shape index (κ3) is 6.32. The number of benzene rings is 1. The molecule has 16 heteroatoms. The lowest BCUT2D eigenvalue weighted by Crippen LogP contribution is -2.71. The number of para-hydroxylation sites is 1. The number of aromatic nitrogens is 4. The van der Waals surface area contributed by atoms with Crippen LogP contribution in [0.3, 0.4) is 0 Å². The molecule has 230 valence electrons. The smallest absolute Gasteiger partial charge is 0.323 e. The van der Waals surface area contributed by atoms with Crippen molar-refractivity contribution in [2.45, 2.75) is 75.2 Å². The maximum atomic E-state index is 12.9. The molecule has 1 unspecified atom stereocenters. The summed E-state index contributed by atoms with van der Waals surface area (Å²) in [5, 5.41) is 25.1. The summed E-state index contributed by atoms with van der Waals surface area (Å²) in [5.41, 5.74) is 2.96. The van der Waals surface area contributed by atoms with Crippen molar-refractivity contribution in [3.63, 3.8) is 0 Å². The van der Waals surface area contributed by atoms with Gasteiger partial charge in [-0.1, -0.05) is 30.5 Å². The highest BCUT2D eigenvalue weighted by Gasteiger charge is 2.62. The van der Waals surface area contributed by atoms with Crippen molar-refractivity contribution >= 4 is 41.5 Å². The van der Waals surface area contributed by atoms with E-state index in [2.05, 4.69) is 26.0 Å². The Labute approximate surface area is 252 Å². The SMILES string of the molecule is C#C[C@H](O)[C@@]1(n2cnc3c(=O)[nH]c(N)nc32)O[C@H](COP(=S)(N[C@@H](C)C(=O)OC2CCCCC2)Oc2ccccc2)[C@H]1O. The van der Waals surface area contributed by atoms with Crippen LogP contribution in [0, 0.1) is 12.3 Å². The third-order valence-corrected chi connectivity index (χ3v) is 9.89. The van der Waals surface area contributed by atoms with E-state index in [0.717, 1.165) is 43.0 Å². The van der Waals surface area contributed by atoms with Gasteiger partial charge < -0.3 is 34.5 Å². The molecule has 0 spiro atoms. The number of nitrogens with zero attached hydrogens (tertiary/aromatic N) is 3. The highest BCUT2D eigenvalue weighted by molar-refractivity contribution is 8.09. The van der Waals surface area contributed by atoms with Crippen LogP contribution in [0.5, 0.6) is 5.75 Å². The number of anilines is 1. The molecule has 0 amide bonds. The number of imidazole rings is 1. The molecule has 0 radical (unpaired) electrons. The second-order valence-electron chi connectivity index (χ2n) is 10.4. The molecule has 2 aromatic heterocycles. The van der Waals surface area contributed by atoms with Gasteiger partial charge in [0.05, 0.1) is 12.9 Å². The highest BCUT2D eigenvalue weighted by Crippen LogP contribution is 2.48. The fourth-order valence-electron chi connectivity index (χ4n) is 5.18. The number of hydrogen-bond donors (Lipinski definition) is 5. The predicted octanol–water partition coefficient (Wildman–Crippen LogP) is 1.28. The number of rotatable bonds is 11. The van der Waals surface area contributed by atoms with Crippen LogP contribution >= 0.6 is 6.64 Å². The van der Waals surface area contributed by atoms with Crippen molar-refractivity contribution < 1.29 is 33.5 Å². The molecular weight excluding hydrogens is 599 g/mol. The van der Waals surface area contributed by atoms with Crippen molar-refractivity contribution in [1.82, 2.24) is 24.6 Å². The van der Waals surface area contributed by atoms with Crippen LogP contribution in [-0.2, 0) is 36.3 Å². The zero-order chi connectivity index (χ0) is 30.8. The lowest BCUT2D eigenvalue weighted by molar-refractivity contribution is -0.359. The van der Waals surface area contributed by atoms with Crippen LogP contribution in [0.25, 0.3) is 11.2 Å². The quantitative estimate of drug-likeness (QED) is 0.115. The van der Waals surface area contributed by atoms with Crippen molar-refractivity contribution in [2.75, 3.05) is 12.3 Å². The van der Waals surface area contributed by atoms with E-state index in [4.69, 9.17) is 42.5 Å². The molecule has 1 aromatic carbocycles. The average molecular weight is 633 g/mol. The van der Waals surface area contributed by atoms with Gasteiger partial charge in [-0.3, -0.25) is 19.1 Å². The van der Waals surface area contributed by atoms with Gasteiger partial charge in [0.15, 0.2) is 17.3 Å². The Balaban J connectivity index is 1.34. The molecular formula is C27H33N6O8PS. The van der Waals surface area contributed by atoms with Gasteiger partial charge in [0, 0.05) is 0 Å². The Morgan fingerprint density at radius 2 is 2.09 bits per heavy atom. The number of esters is 1. The predicted molar refractivity (Wildman–Crippen MR) is 159 cm³/mol. The minimum absolute atomic E-state index is 0.0570. The van der Waals surface area contributed by atoms with E-state index in [-0.39, 0.29) is 29.8 Å². The Bertz CT molecular complexity index is 1610. The van der Waals surface area contributed by atoms with E-state index in [1.807, 2.05) is 0 Å². The standard InChI is InChI=1S/C27H33N6O8PS/c1-3-20(34)27(33-15-29-21-23(33)30-26(28)31-24(21)36)22(35)19(40-27)14-38-42(43,41-18-12-8-5-9-13-18)32-16(2)25(37)39-17-10-6-4-7-11-17/h1,5,8-9,12-13,15-17,19-20,22,34-35H,4,6-7,10-11,14H2,2H3,(H,32,43)(H3,28,30,31,36)/t16-,19+,20-,22+,27+,42?/m0/s1. The molecule has 2 aliphatic rings. The first-order valence-electron chi connectivity index (χ1n) is 13.8. The number of aliphatic hydroxyl groups excluding tert-OH is 2. The van der Waals surface area contributed by atoms with Gasteiger partial charge in [0.1, 0.15) is 30.1 Å². The van der Waals surface area contributed by atoms with Gasteiger partial charge >= 0.3 is 12.6 Å². The lowest BCUT2D eigenvalue weighted by Gasteiger charge is -2.53. The van der Waals surface area contributed by atoms with Gasteiger partial charge in [-0.25, -0.2) is 10.1 Å². The summed E-state index contributed by atoms with van der Waals surface area (Å²) in [6, 6.07) is 7.82. The Morgan fingerprint density at radius 3 is 2.77 bits per heavy atom. The molecule has 3 aromatic rings. The summed E-state index contributed by atoms with van der Waals surface area (Å²) in [6.07, 6.45) is 7.06. The number of aromatic amines is 1. The molecule has 1 saturated heterocycles. The van der Waals surface area contributed by atoms with Gasteiger partial charge in [0.2, 0.25) is 11.7 Å². The molecule has 1 aliphatic carbocycles. The largest absolute Gasteiger partial charge is 0.461 e. The maximum absolute atomic E-state index is 12.9. The van der Waals surface area contributed by atoms with Crippen LogP contribution in [0.4, 0.5) is 5.95 Å². The van der Waals surface area contributed by atoms with Crippen molar-refractivity contribution in [3.05, 3.63) is 47.0 Å². The van der Waals surface area contributed by atoms with E-state index in [1.165, 1.54) is 0 Å². The Morgan fingerprint density at radius 1 is 1.37 bits per heavy atom. The molecule has 14 nitrogen and oxygen atoms in total. The lowest BCUT2D eigenvalue weighted by atomic mass is 9.88. The fourth-order valence-corrected chi connectivity index (χ4v) is 7.59. The van der Waals surface area contributed by atoms with Gasteiger partial charge in [-0.2, -0.15) is 4.98 Å². The van der Waals surface area contributed by atoms with Crippen molar-refractivity contribution in [3.8, 4) is 18.1 Å². The summed E-state index contributed by atoms with van der Waals surface area (Å²) < 4.78 is 24.9. The van der Waals surface area contributed by atoms with E-state index in [9.17, 15) is 19.8 Å². The second kappa shape index (κ2) is 12.7. The Kier molecular flexibility index (Phi) is 9.19. The second-order valence-corrected chi connectivity index (χ2v) is 13.5. The van der Waals surface area contributed by atoms with Crippen LogP contribution in [-0.4, -0.2) is 72.8 Å². The molecule has 6 atom stereocenters. The third-order valence-electron chi connectivity index (χ3n) is 7.39. The van der Waals surface area contributed by atoms with Crippen molar-refractivity contribution in [1.29, 1.82) is 0 Å². The molecule has 1 saturated carbocycles. The Hall–Kier alpha value is -3.35. The van der Waals surface area contributed by atoms with Crippen molar-refractivity contribution in [2.24, 2.45) is 0 Å². The monoisotopic (exact) mass is 632 g/mol. The van der Waals surface area contributed by atoms with E-state index < -0.39 is 48.2 Å². The molecule has 0 bridgehead atoms.